The van der Waals surface area contributed by atoms with Gasteiger partial charge in [0.05, 0.1) is 30.3 Å². The molecule has 0 bridgehead atoms. The summed E-state index contributed by atoms with van der Waals surface area (Å²) in [5.74, 6) is 0.151. The third-order valence-corrected chi connectivity index (χ3v) is 6.47. The number of sulfone groups is 1. The Kier molecular flexibility index (Phi) is 5.38. The standard InChI is InChI=1S/C16H27N3O3S/c1-2-10-23(20,21)16-17-11-14(12-18-7-3-4-8-18)19(16)13-15-6-5-9-22-15/h11,15H,2-10,12-13H2,1H3. The van der Waals surface area contributed by atoms with Gasteiger partial charge in [-0.25, -0.2) is 13.4 Å². The number of imidazole rings is 1. The summed E-state index contributed by atoms with van der Waals surface area (Å²) < 4.78 is 32.7. The van der Waals surface area contributed by atoms with Gasteiger partial charge >= 0.3 is 0 Å². The van der Waals surface area contributed by atoms with Gasteiger partial charge in [-0.2, -0.15) is 0 Å². The molecule has 130 valence electrons. The molecule has 2 fully saturated rings. The van der Waals surface area contributed by atoms with Gasteiger partial charge in [0.2, 0.25) is 15.0 Å². The Labute approximate surface area is 138 Å². The third-order valence-electron chi connectivity index (χ3n) is 4.65. The van der Waals surface area contributed by atoms with Crippen molar-refractivity contribution in [2.45, 2.75) is 63.4 Å². The van der Waals surface area contributed by atoms with Gasteiger partial charge in [-0.05, 0) is 45.2 Å². The van der Waals surface area contributed by atoms with Crippen LogP contribution in [0.15, 0.2) is 11.4 Å². The minimum Gasteiger partial charge on any atom is -0.376 e. The zero-order valence-corrected chi connectivity index (χ0v) is 14.7. The normalized spacial score (nSPS) is 22.9. The number of hydrogen-bond donors (Lipinski definition) is 0. The second kappa shape index (κ2) is 7.32. The molecule has 0 radical (unpaired) electrons. The second-order valence-electron chi connectivity index (χ2n) is 6.58. The Morgan fingerprint density at radius 3 is 2.74 bits per heavy atom. The average molecular weight is 341 g/mol. The van der Waals surface area contributed by atoms with Gasteiger partial charge in [-0.3, -0.25) is 4.90 Å². The molecule has 0 N–H and O–H groups in total. The van der Waals surface area contributed by atoms with Crippen LogP contribution in [0, 0.1) is 0 Å². The van der Waals surface area contributed by atoms with Crippen LogP contribution in [0.3, 0.4) is 0 Å². The molecule has 2 aliphatic heterocycles. The summed E-state index contributed by atoms with van der Waals surface area (Å²) in [5, 5.41) is 0.226. The van der Waals surface area contributed by atoms with Crippen LogP contribution < -0.4 is 0 Å². The topological polar surface area (TPSA) is 64.4 Å². The fourth-order valence-corrected chi connectivity index (χ4v) is 4.94. The van der Waals surface area contributed by atoms with Gasteiger partial charge in [-0.15, -0.1) is 0 Å². The molecule has 0 spiro atoms. The smallest absolute Gasteiger partial charge is 0.227 e. The van der Waals surface area contributed by atoms with E-state index >= 15 is 0 Å². The van der Waals surface area contributed by atoms with Crippen molar-refractivity contribution in [3.05, 3.63) is 11.9 Å². The van der Waals surface area contributed by atoms with Crippen molar-refractivity contribution in [2.24, 2.45) is 0 Å². The first-order valence-corrected chi connectivity index (χ1v) is 10.4. The quantitative estimate of drug-likeness (QED) is 0.757. The van der Waals surface area contributed by atoms with Crippen LogP contribution in [-0.4, -0.2) is 54.4 Å². The minimum atomic E-state index is -3.32. The van der Waals surface area contributed by atoms with E-state index in [4.69, 9.17) is 4.74 Å². The number of aromatic nitrogens is 2. The van der Waals surface area contributed by atoms with Gasteiger partial charge in [-0.1, -0.05) is 6.92 Å². The Bertz CT molecular complexity index is 615. The Morgan fingerprint density at radius 1 is 1.30 bits per heavy atom. The highest BCUT2D eigenvalue weighted by Gasteiger charge is 2.27. The zero-order valence-electron chi connectivity index (χ0n) is 13.9. The average Bonchev–Trinajstić information content (AvgIpc) is 3.23. The third kappa shape index (κ3) is 3.95. The summed E-state index contributed by atoms with van der Waals surface area (Å²) >= 11 is 0. The summed E-state index contributed by atoms with van der Waals surface area (Å²) in [6.45, 7) is 6.21. The van der Waals surface area contributed by atoms with Crippen molar-refractivity contribution in [3.8, 4) is 0 Å². The van der Waals surface area contributed by atoms with E-state index in [1.54, 1.807) is 6.20 Å². The summed E-state index contributed by atoms with van der Waals surface area (Å²) in [6, 6.07) is 0. The maximum Gasteiger partial charge on any atom is 0.227 e. The molecule has 2 saturated heterocycles. The molecule has 1 aromatic heterocycles. The monoisotopic (exact) mass is 341 g/mol. The molecule has 23 heavy (non-hydrogen) atoms. The number of nitrogens with zero attached hydrogens (tertiary/aromatic N) is 3. The Morgan fingerprint density at radius 2 is 2.09 bits per heavy atom. The van der Waals surface area contributed by atoms with E-state index in [0.29, 0.717) is 13.0 Å². The molecular weight excluding hydrogens is 314 g/mol. The van der Waals surface area contributed by atoms with E-state index in [9.17, 15) is 8.42 Å². The molecule has 0 amide bonds. The van der Waals surface area contributed by atoms with Crippen LogP contribution in [0.5, 0.6) is 0 Å². The molecule has 3 rings (SSSR count). The van der Waals surface area contributed by atoms with E-state index in [1.807, 2.05) is 11.5 Å². The van der Waals surface area contributed by atoms with Crippen molar-refractivity contribution in [3.63, 3.8) is 0 Å². The highest BCUT2D eigenvalue weighted by molar-refractivity contribution is 7.91. The summed E-state index contributed by atoms with van der Waals surface area (Å²) in [4.78, 5) is 6.66. The van der Waals surface area contributed by atoms with E-state index in [1.165, 1.54) is 12.8 Å². The van der Waals surface area contributed by atoms with Crippen LogP contribution in [0.2, 0.25) is 0 Å². The van der Waals surface area contributed by atoms with Gasteiger partial charge in [0, 0.05) is 13.2 Å². The number of ether oxygens (including phenoxy) is 1. The maximum absolute atomic E-state index is 12.5. The van der Waals surface area contributed by atoms with Gasteiger partial charge in [0.1, 0.15) is 0 Å². The number of rotatable bonds is 7. The van der Waals surface area contributed by atoms with E-state index in [0.717, 1.165) is 44.8 Å². The van der Waals surface area contributed by atoms with Crippen molar-refractivity contribution in [1.82, 2.24) is 14.5 Å². The molecule has 3 heterocycles. The van der Waals surface area contributed by atoms with Crippen molar-refractivity contribution in [2.75, 3.05) is 25.4 Å². The number of hydrogen-bond acceptors (Lipinski definition) is 5. The fraction of sp³-hybridized carbons (Fsp3) is 0.812. The van der Waals surface area contributed by atoms with Crippen LogP contribution in [0.25, 0.3) is 0 Å². The molecule has 0 saturated carbocycles. The van der Waals surface area contributed by atoms with E-state index < -0.39 is 9.84 Å². The molecule has 6 nitrogen and oxygen atoms in total. The van der Waals surface area contributed by atoms with Crippen LogP contribution in [0.4, 0.5) is 0 Å². The molecule has 0 aliphatic carbocycles. The predicted molar refractivity (Wildman–Crippen MR) is 88.1 cm³/mol. The molecule has 2 aliphatic rings. The van der Waals surface area contributed by atoms with Crippen LogP contribution >= 0.6 is 0 Å². The van der Waals surface area contributed by atoms with Gasteiger partial charge < -0.3 is 9.30 Å². The highest BCUT2D eigenvalue weighted by atomic mass is 32.2. The lowest BCUT2D eigenvalue weighted by Gasteiger charge is -2.19. The Balaban J connectivity index is 1.86. The van der Waals surface area contributed by atoms with Gasteiger partial charge in [0.25, 0.3) is 0 Å². The minimum absolute atomic E-state index is 0.108. The molecular formula is C16H27N3O3S. The summed E-state index contributed by atoms with van der Waals surface area (Å²) in [5.41, 5.74) is 0.997. The Hall–Kier alpha value is -0.920. The highest BCUT2D eigenvalue weighted by Crippen LogP contribution is 2.22. The first-order valence-electron chi connectivity index (χ1n) is 8.71. The first kappa shape index (κ1) is 16.9. The number of likely N-dealkylation sites (tertiary alicyclic amines) is 1. The SMILES string of the molecule is CCCS(=O)(=O)c1ncc(CN2CCCC2)n1CC1CCCO1. The molecule has 1 aromatic rings. The van der Waals surface area contributed by atoms with Crippen molar-refractivity contribution < 1.29 is 13.2 Å². The largest absolute Gasteiger partial charge is 0.376 e. The van der Waals surface area contributed by atoms with Crippen molar-refractivity contribution >= 4 is 9.84 Å². The lowest BCUT2D eigenvalue weighted by atomic mass is 10.2. The predicted octanol–water partition coefficient (Wildman–Crippen LogP) is 1.84. The van der Waals surface area contributed by atoms with Crippen LogP contribution in [-0.2, 0) is 27.7 Å². The van der Waals surface area contributed by atoms with Gasteiger partial charge in [0.15, 0.2) is 0 Å². The van der Waals surface area contributed by atoms with Crippen LogP contribution in [0.1, 0.15) is 44.7 Å². The zero-order chi connectivity index (χ0) is 16.3. The second-order valence-corrected chi connectivity index (χ2v) is 8.58. The summed E-state index contributed by atoms with van der Waals surface area (Å²) in [6.07, 6.45) is 6.96. The first-order chi connectivity index (χ1) is 11.1. The maximum atomic E-state index is 12.5. The summed E-state index contributed by atoms with van der Waals surface area (Å²) in [7, 11) is -3.32. The molecule has 1 atom stereocenters. The van der Waals surface area contributed by atoms with E-state index in [-0.39, 0.29) is 17.0 Å². The molecule has 0 aromatic carbocycles. The lowest BCUT2D eigenvalue weighted by Crippen LogP contribution is -2.25. The lowest BCUT2D eigenvalue weighted by molar-refractivity contribution is 0.0934. The van der Waals surface area contributed by atoms with E-state index in [2.05, 4.69) is 9.88 Å². The molecule has 7 heteroatoms. The van der Waals surface area contributed by atoms with Crippen molar-refractivity contribution in [1.29, 1.82) is 0 Å². The molecule has 1 unspecified atom stereocenters. The fourth-order valence-electron chi connectivity index (χ4n) is 3.48.